The summed E-state index contributed by atoms with van der Waals surface area (Å²) in [5, 5.41) is 0. The lowest BCUT2D eigenvalue weighted by molar-refractivity contribution is 0.304. The fourth-order valence-electron chi connectivity index (χ4n) is 1.99. The maximum absolute atomic E-state index is 5.84. The minimum Gasteiger partial charge on any atom is -0.497 e. The van der Waals surface area contributed by atoms with Crippen molar-refractivity contribution in [2.24, 2.45) is 0 Å². The molecule has 2 rings (SSSR count). The molecule has 0 N–H and O–H groups in total. The number of hydrogen-bond acceptors (Lipinski definition) is 2. The average Bonchev–Trinajstić information content (AvgIpc) is 2.47. The molecule has 0 spiro atoms. The fourth-order valence-corrected chi connectivity index (χ4v) is 2.53. The smallest absolute Gasteiger partial charge is 0.134 e. The van der Waals surface area contributed by atoms with Crippen LogP contribution in [0.5, 0.6) is 11.5 Å². The highest BCUT2D eigenvalue weighted by Gasteiger charge is 2.03. The SMILES string of the molecule is CCCc1ccc(OCc2ccc(OC)cc2)c(Br)c1. The molecule has 0 aliphatic carbocycles. The minimum absolute atomic E-state index is 0.551. The maximum atomic E-state index is 5.84. The number of aryl methyl sites for hydroxylation is 1. The molecule has 0 radical (unpaired) electrons. The summed E-state index contributed by atoms with van der Waals surface area (Å²) in [6.45, 7) is 2.73. The van der Waals surface area contributed by atoms with E-state index in [4.69, 9.17) is 9.47 Å². The molecule has 0 heterocycles. The predicted molar refractivity (Wildman–Crippen MR) is 85.5 cm³/mol. The van der Waals surface area contributed by atoms with E-state index in [9.17, 15) is 0 Å². The first-order valence-corrected chi connectivity index (χ1v) is 7.56. The van der Waals surface area contributed by atoms with Gasteiger partial charge in [0.2, 0.25) is 0 Å². The molecule has 106 valence electrons. The fraction of sp³-hybridized carbons (Fsp3) is 0.294. The molecule has 0 aromatic heterocycles. The lowest BCUT2D eigenvalue weighted by Gasteiger charge is -2.10. The highest BCUT2D eigenvalue weighted by Crippen LogP contribution is 2.27. The Bertz CT molecular complexity index is 549. The van der Waals surface area contributed by atoms with Crippen molar-refractivity contribution < 1.29 is 9.47 Å². The molecule has 2 aromatic rings. The summed E-state index contributed by atoms with van der Waals surface area (Å²) in [5.74, 6) is 1.74. The van der Waals surface area contributed by atoms with Gasteiger partial charge in [0, 0.05) is 0 Å². The normalized spacial score (nSPS) is 10.3. The highest BCUT2D eigenvalue weighted by molar-refractivity contribution is 9.10. The Morgan fingerprint density at radius 1 is 1.00 bits per heavy atom. The zero-order valence-corrected chi connectivity index (χ0v) is 13.4. The molecule has 0 atom stereocenters. The van der Waals surface area contributed by atoms with Crippen molar-refractivity contribution in [1.29, 1.82) is 0 Å². The van der Waals surface area contributed by atoms with E-state index in [1.807, 2.05) is 30.3 Å². The van der Waals surface area contributed by atoms with Crippen LogP contribution in [0, 0.1) is 0 Å². The van der Waals surface area contributed by atoms with Gasteiger partial charge in [-0.1, -0.05) is 31.5 Å². The summed E-state index contributed by atoms with van der Waals surface area (Å²) in [6, 6.07) is 14.2. The summed E-state index contributed by atoms with van der Waals surface area (Å²) in [7, 11) is 1.67. The Morgan fingerprint density at radius 3 is 2.30 bits per heavy atom. The van der Waals surface area contributed by atoms with Gasteiger partial charge in [-0.2, -0.15) is 0 Å². The third kappa shape index (κ3) is 4.01. The van der Waals surface area contributed by atoms with Crippen LogP contribution < -0.4 is 9.47 Å². The Balaban J connectivity index is 1.99. The van der Waals surface area contributed by atoms with Crippen LogP contribution in [0.3, 0.4) is 0 Å². The molecule has 3 heteroatoms. The van der Waals surface area contributed by atoms with Crippen LogP contribution in [0.1, 0.15) is 24.5 Å². The van der Waals surface area contributed by atoms with Crippen molar-refractivity contribution in [2.45, 2.75) is 26.4 Å². The lowest BCUT2D eigenvalue weighted by Crippen LogP contribution is -1.97. The number of halogens is 1. The largest absolute Gasteiger partial charge is 0.497 e. The van der Waals surface area contributed by atoms with Gasteiger partial charge in [-0.15, -0.1) is 0 Å². The molecule has 0 unspecified atom stereocenters. The van der Waals surface area contributed by atoms with Crippen LogP contribution in [0.15, 0.2) is 46.9 Å². The first-order valence-electron chi connectivity index (χ1n) is 6.77. The highest BCUT2D eigenvalue weighted by atomic mass is 79.9. The van der Waals surface area contributed by atoms with Gasteiger partial charge in [-0.25, -0.2) is 0 Å². The van der Waals surface area contributed by atoms with Crippen LogP contribution >= 0.6 is 15.9 Å². The Morgan fingerprint density at radius 2 is 1.70 bits per heavy atom. The zero-order chi connectivity index (χ0) is 14.4. The van der Waals surface area contributed by atoms with Crippen molar-refractivity contribution in [3.8, 4) is 11.5 Å². The van der Waals surface area contributed by atoms with Crippen LogP contribution in [0.4, 0.5) is 0 Å². The number of methoxy groups -OCH3 is 1. The van der Waals surface area contributed by atoms with Crippen LogP contribution in [0.2, 0.25) is 0 Å². The molecular formula is C17H19BrO2. The van der Waals surface area contributed by atoms with E-state index in [0.29, 0.717) is 6.61 Å². The Hall–Kier alpha value is -1.48. The molecule has 0 amide bonds. The van der Waals surface area contributed by atoms with Crippen LogP contribution in [-0.4, -0.2) is 7.11 Å². The minimum atomic E-state index is 0.551. The lowest BCUT2D eigenvalue weighted by atomic mass is 10.1. The third-order valence-electron chi connectivity index (χ3n) is 3.09. The van der Waals surface area contributed by atoms with Crippen molar-refractivity contribution in [3.05, 3.63) is 58.1 Å². The average molecular weight is 335 g/mol. The van der Waals surface area contributed by atoms with E-state index in [1.165, 1.54) is 5.56 Å². The van der Waals surface area contributed by atoms with Gasteiger partial charge >= 0.3 is 0 Å². The molecule has 2 aromatic carbocycles. The zero-order valence-electron chi connectivity index (χ0n) is 11.9. The van der Waals surface area contributed by atoms with Gasteiger partial charge < -0.3 is 9.47 Å². The van der Waals surface area contributed by atoms with Gasteiger partial charge in [-0.3, -0.25) is 0 Å². The Labute approximate surface area is 128 Å². The van der Waals surface area contributed by atoms with Crippen molar-refractivity contribution in [1.82, 2.24) is 0 Å². The van der Waals surface area contributed by atoms with Crippen molar-refractivity contribution in [3.63, 3.8) is 0 Å². The van der Waals surface area contributed by atoms with Crippen molar-refractivity contribution in [2.75, 3.05) is 7.11 Å². The number of hydrogen-bond donors (Lipinski definition) is 0. The predicted octanol–water partition coefficient (Wildman–Crippen LogP) is 4.99. The molecule has 0 aliphatic rings. The summed E-state index contributed by atoms with van der Waals surface area (Å²) in [6.07, 6.45) is 2.25. The van der Waals surface area contributed by atoms with Crippen LogP contribution in [-0.2, 0) is 13.0 Å². The standard InChI is InChI=1S/C17H19BrO2/c1-3-4-13-7-10-17(16(18)11-13)20-12-14-5-8-15(19-2)9-6-14/h5-11H,3-4,12H2,1-2H3. The first-order chi connectivity index (χ1) is 9.72. The monoisotopic (exact) mass is 334 g/mol. The maximum Gasteiger partial charge on any atom is 0.134 e. The Kier molecular flexibility index (Phi) is 5.48. The van der Waals surface area contributed by atoms with E-state index >= 15 is 0 Å². The second kappa shape index (κ2) is 7.34. The summed E-state index contributed by atoms with van der Waals surface area (Å²) < 4.78 is 12.0. The molecule has 2 nitrogen and oxygen atoms in total. The van der Waals surface area contributed by atoms with Gasteiger partial charge in [0.05, 0.1) is 11.6 Å². The molecule has 20 heavy (non-hydrogen) atoms. The summed E-state index contributed by atoms with van der Waals surface area (Å²) in [5.41, 5.74) is 2.45. The second-order valence-corrected chi connectivity index (χ2v) is 5.51. The second-order valence-electron chi connectivity index (χ2n) is 4.65. The number of ether oxygens (including phenoxy) is 2. The van der Waals surface area contributed by atoms with Gasteiger partial charge in [0.15, 0.2) is 0 Å². The first kappa shape index (κ1) is 14.9. The topological polar surface area (TPSA) is 18.5 Å². The third-order valence-corrected chi connectivity index (χ3v) is 3.71. The van der Waals surface area contributed by atoms with Gasteiger partial charge in [0.1, 0.15) is 18.1 Å². The summed E-state index contributed by atoms with van der Waals surface area (Å²) in [4.78, 5) is 0. The van der Waals surface area contributed by atoms with Crippen molar-refractivity contribution >= 4 is 15.9 Å². The van der Waals surface area contributed by atoms with E-state index in [0.717, 1.165) is 34.4 Å². The molecular weight excluding hydrogens is 316 g/mol. The number of benzene rings is 2. The summed E-state index contributed by atoms with van der Waals surface area (Å²) >= 11 is 3.57. The van der Waals surface area contributed by atoms with E-state index < -0.39 is 0 Å². The molecule has 0 fully saturated rings. The van der Waals surface area contributed by atoms with Gasteiger partial charge in [0.25, 0.3) is 0 Å². The molecule has 0 saturated carbocycles. The number of rotatable bonds is 6. The van der Waals surface area contributed by atoms with E-state index in [1.54, 1.807) is 7.11 Å². The van der Waals surface area contributed by atoms with Gasteiger partial charge in [-0.05, 0) is 57.7 Å². The van der Waals surface area contributed by atoms with E-state index in [2.05, 4.69) is 35.0 Å². The van der Waals surface area contributed by atoms with E-state index in [-0.39, 0.29) is 0 Å². The quantitative estimate of drug-likeness (QED) is 0.740. The molecule has 0 saturated heterocycles. The molecule has 0 bridgehead atoms. The molecule has 0 aliphatic heterocycles. The van der Waals surface area contributed by atoms with Crippen LogP contribution in [0.25, 0.3) is 0 Å².